The molecule has 0 aliphatic carbocycles. The monoisotopic (exact) mass is 382 g/mol. The van der Waals surface area contributed by atoms with Crippen molar-refractivity contribution in [2.45, 2.75) is 18.4 Å². The molecule has 3 rings (SSSR count). The molecule has 1 amide bonds. The normalized spacial score (nSPS) is 15.6. The lowest BCUT2D eigenvalue weighted by Gasteiger charge is -2.22. The Morgan fingerprint density at radius 1 is 1.18 bits per heavy atom. The molecule has 1 unspecified atom stereocenters. The number of ether oxygens (including phenoxy) is 1. The molecule has 3 N–H and O–H groups in total. The van der Waals surface area contributed by atoms with Gasteiger partial charge in [0.2, 0.25) is 0 Å². The molecule has 150 valence electrons. The first-order chi connectivity index (χ1) is 13.6. The van der Waals surface area contributed by atoms with Gasteiger partial charge in [0.05, 0.1) is 18.7 Å². The molecule has 6 nitrogen and oxygen atoms in total. The zero-order chi connectivity index (χ0) is 19.9. The molecule has 0 bridgehead atoms. The predicted molar refractivity (Wildman–Crippen MR) is 112 cm³/mol. The Morgan fingerprint density at radius 3 is 2.54 bits per heavy atom. The van der Waals surface area contributed by atoms with Crippen molar-refractivity contribution in [3.63, 3.8) is 0 Å². The average Bonchev–Trinajstić information content (AvgIpc) is 3.26. The molecule has 1 aliphatic heterocycles. The summed E-state index contributed by atoms with van der Waals surface area (Å²) in [5, 5.41) is 3.20. The Labute approximate surface area is 167 Å². The Balaban J connectivity index is 1.78. The van der Waals surface area contributed by atoms with E-state index in [2.05, 4.69) is 33.2 Å². The van der Waals surface area contributed by atoms with Gasteiger partial charge in [0.15, 0.2) is 0 Å². The van der Waals surface area contributed by atoms with Gasteiger partial charge in [-0.1, -0.05) is 36.4 Å². The largest absolute Gasteiger partial charge is 0.496 e. The van der Waals surface area contributed by atoms with Crippen LogP contribution in [0.25, 0.3) is 0 Å². The Morgan fingerprint density at radius 2 is 1.89 bits per heavy atom. The smallest absolute Gasteiger partial charge is 0.255 e. The van der Waals surface area contributed by atoms with Gasteiger partial charge in [-0.25, -0.2) is 0 Å². The molecule has 1 saturated heterocycles. The molecule has 1 fully saturated rings. The zero-order valence-corrected chi connectivity index (χ0v) is 16.9. The molecule has 28 heavy (non-hydrogen) atoms. The van der Waals surface area contributed by atoms with Crippen LogP contribution in [0, 0.1) is 0 Å². The number of nitrogens with one attached hydrogen (secondary N) is 3. The van der Waals surface area contributed by atoms with Crippen LogP contribution in [0.4, 0.5) is 0 Å². The number of hydrogen-bond acceptors (Lipinski definition) is 5. The summed E-state index contributed by atoms with van der Waals surface area (Å²) in [5.74, 6) is 0.878. The van der Waals surface area contributed by atoms with E-state index in [0.29, 0.717) is 17.2 Å². The minimum Gasteiger partial charge on any atom is -0.496 e. The highest BCUT2D eigenvalue weighted by molar-refractivity contribution is 5.97. The molecule has 0 radical (unpaired) electrons. The third-order valence-corrected chi connectivity index (χ3v) is 5.14. The van der Waals surface area contributed by atoms with Crippen LogP contribution in [0.2, 0.25) is 0 Å². The van der Waals surface area contributed by atoms with Crippen molar-refractivity contribution in [1.82, 2.24) is 21.1 Å². The maximum absolute atomic E-state index is 13.1. The van der Waals surface area contributed by atoms with E-state index in [4.69, 9.17) is 4.74 Å². The molecule has 2 aromatic rings. The molecule has 2 aromatic carbocycles. The Hall–Kier alpha value is -2.41. The minimum absolute atomic E-state index is 0.0521. The highest BCUT2D eigenvalue weighted by atomic mass is 16.5. The van der Waals surface area contributed by atoms with Crippen LogP contribution < -0.4 is 20.9 Å². The van der Waals surface area contributed by atoms with Gasteiger partial charge in [0.25, 0.3) is 5.91 Å². The fourth-order valence-corrected chi connectivity index (χ4v) is 3.48. The molecular weight excluding hydrogens is 352 g/mol. The average molecular weight is 383 g/mol. The van der Waals surface area contributed by atoms with Crippen molar-refractivity contribution < 1.29 is 9.53 Å². The van der Waals surface area contributed by atoms with Crippen molar-refractivity contribution >= 4 is 5.91 Å². The molecule has 1 heterocycles. The van der Waals surface area contributed by atoms with Crippen LogP contribution in [-0.4, -0.2) is 51.6 Å². The van der Waals surface area contributed by atoms with Gasteiger partial charge >= 0.3 is 0 Å². The fraction of sp³-hybridized carbons (Fsp3) is 0.409. The second-order valence-corrected chi connectivity index (χ2v) is 7.45. The third-order valence-electron chi connectivity index (χ3n) is 5.14. The highest BCUT2D eigenvalue weighted by Crippen LogP contribution is 2.27. The van der Waals surface area contributed by atoms with Gasteiger partial charge in [0, 0.05) is 19.0 Å². The molecule has 0 aromatic heterocycles. The van der Waals surface area contributed by atoms with Crippen molar-refractivity contribution in [3.05, 3.63) is 65.2 Å². The highest BCUT2D eigenvalue weighted by Gasteiger charge is 2.22. The topological polar surface area (TPSA) is 65.6 Å². The lowest BCUT2D eigenvalue weighted by Crippen LogP contribution is -2.31. The SMILES string of the molecule is COc1cc(C2CNNC2)ccc1C(=O)NC(CCN(C)C)c1ccccc1. The second kappa shape index (κ2) is 9.68. The maximum atomic E-state index is 13.1. The first-order valence-corrected chi connectivity index (χ1v) is 9.72. The molecule has 1 atom stereocenters. The van der Waals surface area contributed by atoms with Crippen molar-refractivity contribution in [3.8, 4) is 5.75 Å². The first-order valence-electron chi connectivity index (χ1n) is 9.72. The van der Waals surface area contributed by atoms with E-state index in [1.54, 1.807) is 7.11 Å². The third kappa shape index (κ3) is 5.10. The number of carbonyl (C=O) groups is 1. The van der Waals surface area contributed by atoms with Crippen LogP contribution in [0.1, 0.15) is 39.9 Å². The summed E-state index contributed by atoms with van der Waals surface area (Å²) in [6, 6.07) is 15.9. The number of carbonyl (C=O) groups excluding carboxylic acids is 1. The molecule has 1 aliphatic rings. The zero-order valence-electron chi connectivity index (χ0n) is 16.9. The second-order valence-electron chi connectivity index (χ2n) is 7.45. The number of nitrogens with zero attached hydrogens (tertiary/aromatic N) is 1. The van der Waals surface area contributed by atoms with Gasteiger partial charge in [0.1, 0.15) is 5.75 Å². The van der Waals surface area contributed by atoms with Crippen molar-refractivity contribution in [2.75, 3.05) is 40.8 Å². The van der Waals surface area contributed by atoms with E-state index in [9.17, 15) is 4.79 Å². The minimum atomic E-state index is -0.112. The molecule has 6 heteroatoms. The van der Waals surface area contributed by atoms with E-state index in [1.807, 2.05) is 50.5 Å². The number of amides is 1. The van der Waals surface area contributed by atoms with Crippen LogP contribution in [-0.2, 0) is 0 Å². The summed E-state index contributed by atoms with van der Waals surface area (Å²) in [5.41, 5.74) is 9.12. The number of hydrogen-bond donors (Lipinski definition) is 3. The van der Waals surface area contributed by atoms with Gasteiger partial charge in [-0.05, 0) is 50.3 Å². The van der Waals surface area contributed by atoms with Gasteiger partial charge < -0.3 is 15.0 Å². The fourth-order valence-electron chi connectivity index (χ4n) is 3.48. The summed E-state index contributed by atoms with van der Waals surface area (Å²) in [6.45, 7) is 2.63. The van der Waals surface area contributed by atoms with E-state index in [1.165, 1.54) is 0 Å². The number of rotatable bonds is 8. The van der Waals surface area contributed by atoms with Crippen LogP contribution in [0.3, 0.4) is 0 Å². The quantitative estimate of drug-likeness (QED) is 0.654. The van der Waals surface area contributed by atoms with Crippen LogP contribution in [0.5, 0.6) is 5.75 Å². The number of methoxy groups -OCH3 is 1. The molecule has 0 saturated carbocycles. The van der Waals surface area contributed by atoms with Gasteiger partial charge in [-0.2, -0.15) is 0 Å². The summed E-state index contributed by atoms with van der Waals surface area (Å²) in [6.07, 6.45) is 0.836. The van der Waals surface area contributed by atoms with E-state index < -0.39 is 0 Å². The van der Waals surface area contributed by atoms with Crippen molar-refractivity contribution in [2.24, 2.45) is 0 Å². The van der Waals surface area contributed by atoms with Crippen LogP contribution >= 0.6 is 0 Å². The predicted octanol–water partition coefficient (Wildman–Crippen LogP) is 2.31. The Bertz CT molecular complexity index is 773. The lowest BCUT2D eigenvalue weighted by atomic mass is 9.97. The maximum Gasteiger partial charge on any atom is 0.255 e. The van der Waals surface area contributed by atoms with Crippen LogP contribution in [0.15, 0.2) is 48.5 Å². The summed E-state index contributed by atoms with van der Waals surface area (Å²) >= 11 is 0. The van der Waals surface area contributed by atoms with Crippen molar-refractivity contribution in [1.29, 1.82) is 0 Å². The van der Waals surface area contributed by atoms with E-state index in [-0.39, 0.29) is 11.9 Å². The number of benzene rings is 2. The standard InChI is InChI=1S/C22H30N4O2/c1-26(2)12-11-20(16-7-5-4-6-8-16)25-22(27)19-10-9-17(13-21(19)28-3)18-14-23-24-15-18/h4-10,13,18,20,23-24H,11-12,14-15H2,1-3H3,(H,25,27). The summed E-state index contributed by atoms with van der Waals surface area (Å²) in [7, 11) is 5.69. The van der Waals surface area contributed by atoms with Gasteiger partial charge in [-0.15, -0.1) is 0 Å². The lowest BCUT2D eigenvalue weighted by molar-refractivity contribution is 0.0929. The Kier molecular flexibility index (Phi) is 7.03. The van der Waals surface area contributed by atoms with E-state index in [0.717, 1.165) is 37.2 Å². The van der Waals surface area contributed by atoms with Gasteiger partial charge in [-0.3, -0.25) is 15.6 Å². The first kappa shape index (κ1) is 20.3. The molecular formula is C22H30N4O2. The summed E-state index contributed by atoms with van der Waals surface area (Å²) in [4.78, 5) is 15.2. The summed E-state index contributed by atoms with van der Waals surface area (Å²) < 4.78 is 5.54. The molecule has 0 spiro atoms. The number of hydrazine groups is 1. The van der Waals surface area contributed by atoms with E-state index >= 15 is 0 Å².